The third-order valence-corrected chi connectivity index (χ3v) is 7.36. The van der Waals surface area contributed by atoms with Crippen molar-refractivity contribution >= 4 is 38.4 Å². The number of carbonyl (C=O) groups excluding carboxylic acids is 2. The first kappa shape index (κ1) is 28.6. The molecular weight excluding hydrogens is 552 g/mol. The number of aromatic nitrogens is 1. The third-order valence-electron chi connectivity index (χ3n) is 6.75. The van der Waals surface area contributed by atoms with Crippen molar-refractivity contribution in [2.45, 2.75) is 45.6 Å². The van der Waals surface area contributed by atoms with Crippen LogP contribution in [0, 0.1) is 23.2 Å². The van der Waals surface area contributed by atoms with Crippen molar-refractivity contribution < 1.29 is 22.4 Å². The maximum absolute atomic E-state index is 13.6. The number of carbonyl (C=O) groups is 2. The number of nitriles is 1. The predicted molar refractivity (Wildman–Crippen MR) is 159 cm³/mol. The van der Waals surface area contributed by atoms with Crippen LogP contribution in [-0.4, -0.2) is 36.9 Å². The van der Waals surface area contributed by atoms with Gasteiger partial charge in [0.1, 0.15) is 28.8 Å². The number of furan rings is 1. The van der Waals surface area contributed by atoms with E-state index in [1.165, 1.54) is 12.1 Å². The Hall–Kier alpha value is -4.93. The molecule has 212 valence electrons. The summed E-state index contributed by atoms with van der Waals surface area (Å²) >= 11 is 0. The van der Waals surface area contributed by atoms with Gasteiger partial charge in [-0.25, -0.2) is 13.4 Å². The summed E-state index contributed by atoms with van der Waals surface area (Å²) in [5, 5.41) is 12.9. The second-order valence-electron chi connectivity index (χ2n) is 11.8. The van der Waals surface area contributed by atoms with Gasteiger partial charge in [-0.2, -0.15) is 5.26 Å². The zero-order valence-corrected chi connectivity index (χ0v) is 24.8. The average molecular weight is 581 g/mol. The van der Waals surface area contributed by atoms with Crippen molar-refractivity contribution in [2.75, 3.05) is 11.0 Å². The molecule has 2 aromatic carbocycles. The molecule has 0 aliphatic heterocycles. The van der Waals surface area contributed by atoms with Crippen LogP contribution in [0.3, 0.4) is 0 Å². The van der Waals surface area contributed by atoms with E-state index in [1.54, 1.807) is 36.4 Å². The van der Waals surface area contributed by atoms with Crippen molar-refractivity contribution in [3.63, 3.8) is 0 Å². The second kappa shape index (κ2) is 9.86. The van der Waals surface area contributed by atoms with Gasteiger partial charge in [-0.1, -0.05) is 5.92 Å². The number of ketones is 1. The molecule has 1 aliphatic carbocycles. The smallest absolute Gasteiger partial charge is 0.251 e. The summed E-state index contributed by atoms with van der Waals surface area (Å²) in [5.41, 5.74) is 2.45. The van der Waals surface area contributed by atoms with Crippen LogP contribution in [0.15, 0.2) is 52.9 Å². The minimum atomic E-state index is -3.50. The molecule has 0 spiro atoms. The van der Waals surface area contributed by atoms with Crippen molar-refractivity contribution in [1.82, 2.24) is 10.3 Å². The summed E-state index contributed by atoms with van der Waals surface area (Å²) in [7, 11) is -3.50. The molecular formula is C32H28N4O5S. The van der Waals surface area contributed by atoms with Gasteiger partial charge >= 0.3 is 0 Å². The topological polar surface area (TPSA) is 142 Å². The molecule has 2 aromatic heterocycles. The number of nitrogens with zero attached hydrogens (tertiary/aromatic N) is 2. The molecule has 1 aliphatic rings. The zero-order chi connectivity index (χ0) is 30.6. The van der Waals surface area contributed by atoms with E-state index < -0.39 is 21.0 Å². The number of fused-ring (bicyclic) bond motifs is 4. The molecule has 0 unspecified atom stereocenters. The van der Waals surface area contributed by atoms with Gasteiger partial charge < -0.3 is 9.73 Å². The zero-order valence-electron chi connectivity index (χ0n) is 24.0. The number of amides is 1. The van der Waals surface area contributed by atoms with Crippen molar-refractivity contribution in [2.24, 2.45) is 0 Å². The average Bonchev–Trinajstić information content (AvgIpc) is 3.29. The molecule has 0 saturated carbocycles. The van der Waals surface area contributed by atoms with E-state index >= 15 is 0 Å². The van der Waals surface area contributed by atoms with Crippen molar-refractivity contribution in [3.05, 3.63) is 93.5 Å². The molecule has 5 rings (SSSR count). The highest BCUT2D eigenvalue weighted by atomic mass is 32.2. The summed E-state index contributed by atoms with van der Waals surface area (Å²) < 4.78 is 32.3. The molecule has 0 fully saturated rings. The van der Waals surface area contributed by atoms with Gasteiger partial charge in [0.25, 0.3) is 5.91 Å². The molecule has 2 N–H and O–H groups in total. The molecule has 0 bridgehead atoms. The largest absolute Gasteiger partial charge is 0.459 e. The summed E-state index contributed by atoms with van der Waals surface area (Å²) in [6.45, 7) is 9.43. The Kier molecular flexibility index (Phi) is 6.71. The predicted octanol–water partition coefficient (Wildman–Crippen LogP) is 4.87. The van der Waals surface area contributed by atoms with Gasteiger partial charge in [-0.3, -0.25) is 14.3 Å². The van der Waals surface area contributed by atoms with Crippen LogP contribution in [-0.2, 0) is 15.4 Å². The van der Waals surface area contributed by atoms with Crippen molar-refractivity contribution in [1.29, 1.82) is 5.26 Å². The Bertz CT molecular complexity index is 2030. The van der Waals surface area contributed by atoms with E-state index in [0.29, 0.717) is 44.7 Å². The Morgan fingerprint density at radius 2 is 1.74 bits per heavy atom. The van der Waals surface area contributed by atoms with Gasteiger partial charge in [0.2, 0.25) is 10.0 Å². The Morgan fingerprint density at radius 3 is 2.40 bits per heavy atom. The van der Waals surface area contributed by atoms with Crippen LogP contribution in [0.2, 0.25) is 0 Å². The lowest BCUT2D eigenvalue weighted by atomic mass is 9.71. The van der Waals surface area contributed by atoms with Crippen LogP contribution in [0.5, 0.6) is 0 Å². The third kappa shape index (κ3) is 5.50. The van der Waals surface area contributed by atoms with Gasteiger partial charge in [0, 0.05) is 38.7 Å². The van der Waals surface area contributed by atoms with E-state index in [0.717, 1.165) is 6.26 Å². The van der Waals surface area contributed by atoms with Gasteiger partial charge in [0.05, 0.1) is 11.8 Å². The highest BCUT2D eigenvalue weighted by Gasteiger charge is 2.41. The fourth-order valence-electron chi connectivity index (χ4n) is 4.97. The van der Waals surface area contributed by atoms with Crippen LogP contribution >= 0.6 is 0 Å². The number of rotatable bonds is 3. The lowest BCUT2D eigenvalue weighted by Crippen LogP contribution is -2.40. The molecule has 9 nitrogen and oxygen atoms in total. The lowest BCUT2D eigenvalue weighted by Gasteiger charge is -2.31. The number of benzene rings is 2. The maximum Gasteiger partial charge on any atom is 0.251 e. The van der Waals surface area contributed by atoms with E-state index in [1.807, 2.05) is 40.7 Å². The number of hydrogen-bond donors (Lipinski definition) is 2. The minimum absolute atomic E-state index is 0.0743. The standard InChI is InChI=1S/C32H28N4O5S/c1-31(2,3)35-30(38)19-14-20(34-22(15-19)17-33)9-7-18-8-11-24-26(13-18)41-29-27(24)28(37)23-12-10-21(36-42(6,39)40)16-25(23)32(29,4)5/h8,10-16,36H,1-6H3,(H,35,38). The van der Waals surface area contributed by atoms with E-state index in [4.69, 9.17) is 4.42 Å². The molecule has 0 saturated heterocycles. The van der Waals surface area contributed by atoms with Gasteiger partial charge in [-0.15, -0.1) is 0 Å². The molecule has 10 heteroatoms. The number of hydrogen-bond acceptors (Lipinski definition) is 7. The first-order valence-corrected chi connectivity index (χ1v) is 15.0. The number of nitrogens with one attached hydrogen (secondary N) is 2. The molecule has 2 heterocycles. The summed E-state index contributed by atoms with van der Waals surface area (Å²) in [6.07, 6.45) is 1.07. The Balaban J connectivity index is 1.53. The summed E-state index contributed by atoms with van der Waals surface area (Å²) in [5.74, 6) is 5.88. The number of sulfonamides is 1. The SMILES string of the molecule is CC(C)(C)NC(=O)c1cc(C#N)nc(C#Cc2ccc3c4c(oc3c2)C(C)(C)c2cc(NS(C)(=O)=O)ccc2C4=O)c1. The van der Waals surface area contributed by atoms with Crippen LogP contribution < -0.4 is 10.0 Å². The fourth-order valence-corrected chi connectivity index (χ4v) is 5.52. The molecule has 4 aromatic rings. The van der Waals surface area contributed by atoms with Crippen LogP contribution in [0.1, 0.15) is 89.2 Å². The van der Waals surface area contributed by atoms with E-state index in [-0.39, 0.29) is 28.6 Å². The first-order valence-electron chi connectivity index (χ1n) is 13.1. The molecule has 0 atom stereocenters. The van der Waals surface area contributed by atoms with Gasteiger partial charge in [-0.05, 0) is 94.6 Å². The molecule has 1 amide bonds. The van der Waals surface area contributed by atoms with Crippen LogP contribution in [0.25, 0.3) is 11.0 Å². The quantitative estimate of drug-likeness (QED) is 0.329. The lowest BCUT2D eigenvalue weighted by molar-refractivity contribution is 0.0918. The normalized spacial score (nSPS) is 13.8. The van der Waals surface area contributed by atoms with E-state index in [2.05, 4.69) is 26.9 Å². The molecule has 0 radical (unpaired) electrons. The van der Waals surface area contributed by atoms with Crippen molar-refractivity contribution in [3.8, 4) is 17.9 Å². The maximum atomic E-state index is 13.6. The molecule has 42 heavy (non-hydrogen) atoms. The Morgan fingerprint density at radius 1 is 1.02 bits per heavy atom. The summed E-state index contributed by atoms with van der Waals surface area (Å²) in [4.78, 5) is 30.5. The minimum Gasteiger partial charge on any atom is -0.459 e. The first-order chi connectivity index (χ1) is 19.6. The fraction of sp³-hybridized carbons (Fsp3) is 0.250. The number of anilines is 1. The summed E-state index contributed by atoms with van der Waals surface area (Å²) in [6, 6.07) is 15.1. The monoisotopic (exact) mass is 580 g/mol. The second-order valence-corrected chi connectivity index (χ2v) is 13.5. The van der Waals surface area contributed by atoms with Crippen LogP contribution in [0.4, 0.5) is 5.69 Å². The number of pyridine rings is 1. The Labute approximate surface area is 244 Å². The highest BCUT2D eigenvalue weighted by molar-refractivity contribution is 7.92. The highest BCUT2D eigenvalue weighted by Crippen LogP contribution is 2.46. The van der Waals surface area contributed by atoms with E-state index in [9.17, 15) is 23.3 Å². The van der Waals surface area contributed by atoms with Gasteiger partial charge in [0.15, 0.2) is 5.78 Å².